The lowest BCUT2D eigenvalue weighted by molar-refractivity contribution is -0.114. The van der Waals surface area contributed by atoms with Gasteiger partial charge in [-0.25, -0.2) is 13.1 Å². The van der Waals surface area contributed by atoms with Crippen LogP contribution < -0.4 is 10.0 Å². The van der Waals surface area contributed by atoms with Gasteiger partial charge in [0.05, 0.1) is 0 Å². The summed E-state index contributed by atoms with van der Waals surface area (Å²) >= 11 is 6.65. The van der Waals surface area contributed by atoms with Crippen molar-refractivity contribution in [2.24, 2.45) is 5.92 Å². The topological polar surface area (TPSA) is 101 Å². The fourth-order valence-electron chi connectivity index (χ4n) is 2.15. The Bertz CT molecular complexity index is 589. The summed E-state index contributed by atoms with van der Waals surface area (Å²) in [4.78, 5) is 10.9. The van der Waals surface area contributed by atoms with E-state index in [2.05, 4.69) is 20.2 Å². The molecule has 0 bridgehead atoms. The van der Waals surface area contributed by atoms with Crippen LogP contribution in [0, 0.1) is 5.92 Å². The average molecular weight is 339 g/mol. The average Bonchev–Trinajstić information content (AvgIpc) is 2.97. The van der Waals surface area contributed by atoms with Crippen LogP contribution in [0.5, 0.6) is 0 Å². The molecule has 1 aromatic heterocycles. The minimum Gasteiger partial charge on any atom is -0.301 e. The smallest absolute Gasteiger partial charge is 0.270 e. The molecule has 1 aliphatic rings. The highest BCUT2D eigenvalue weighted by molar-refractivity contribution is 7.91. The SMILES string of the molecule is CC(=O)Nc1nnc(S(=O)(=O)NC2CCCC2CCl)s1. The number of anilines is 1. The Balaban J connectivity index is 2.10. The largest absolute Gasteiger partial charge is 0.301 e. The molecule has 1 fully saturated rings. The van der Waals surface area contributed by atoms with Crippen molar-refractivity contribution in [3.8, 4) is 0 Å². The van der Waals surface area contributed by atoms with E-state index in [4.69, 9.17) is 11.6 Å². The number of aromatic nitrogens is 2. The van der Waals surface area contributed by atoms with Crippen LogP contribution in [0.25, 0.3) is 0 Å². The molecule has 2 atom stereocenters. The molecular formula is C10H15ClN4O3S2. The maximum absolute atomic E-state index is 12.2. The number of hydrogen-bond donors (Lipinski definition) is 2. The maximum atomic E-state index is 12.2. The van der Waals surface area contributed by atoms with Crippen molar-refractivity contribution in [2.75, 3.05) is 11.2 Å². The van der Waals surface area contributed by atoms with Gasteiger partial charge in [-0.2, -0.15) is 0 Å². The number of sulfonamides is 1. The molecule has 1 heterocycles. The third-order valence-electron chi connectivity index (χ3n) is 3.08. The van der Waals surface area contributed by atoms with Crippen LogP contribution in [0.1, 0.15) is 26.2 Å². The molecule has 20 heavy (non-hydrogen) atoms. The van der Waals surface area contributed by atoms with Crippen molar-refractivity contribution < 1.29 is 13.2 Å². The third kappa shape index (κ3) is 3.66. The van der Waals surface area contributed by atoms with Gasteiger partial charge in [0.1, 0.15) is 0 Å². The molecule has 1 amide bonds. The first-order valence-corrected chi connectivity index (χ1v) is 8.95. The number of alkyl halides is 1. The quantitative estimate of drug-likeness (QED) is 0.620. The van der Waals surface area contributed by atoms with E-state index in [9.17, 15) is 13.2 Å². The summed E-state index contributed by atoms with van der Waals surface area (Å²) < 4.78 is 26.9. The van der Waals surface area contributed by atoms with E-state index < -0.39 is 10.0 Å². The van der Waals surface area contributed by atoms with Crippen LogP contribution >= 0.6 is 22.9 Å². The molecule has 0 aromatic carbocycles. The van der Waals surface area contributed by atoms with E-state index in [1.165, 1.54) is 6.92 Å². The van der Waals surface area contributed by atoms with Gasteiger partial charge in [0, 0.05) is 18.8 Å². The zero-order valence-corrected chi connectivity index (χ0v) is 13.2. The summed E-state index contributed by atoms with van der Waals surface area (Å²) in [6, 6.07) is -0.161. The first-order valence-electron chi connectivity index (χ1n) is 6.12. The van der Waals surface area contributed by atoms with E-state index >= 15 is 0 Å². The summed E-state index contributed by atoms with van der Waals surface area (Å²) in [6.07, 6.45) is 2.65. The number of rotatable bonds is 5. The highest BCUT2D eigenvalue weighted by Gasteiger charge is 2.32. The highest BCUT2D eigenvalue weighted by Crippen LogP contribution is 2.28. The summed E-state index contributed by atoms with van der Waals surface area (Å²) in [5.74, 6) is 0.255. The first kappa shape index (κ1) is 15.6. The fraction of sp³-hybridized carbons (Fsp3) is 0.700. The molecular weight excluding hydrogens is 324 g/mol. The number of carbonyl (C=O) groups is 1. The molecule has 112 valence electrons. The minimum absolute atomic E-state index is 0.147. The summed E-state index contributed by atoms with van der Waals surface area (Å²) in [6.45, 7) is 1.32. The fourth-order valence-corrected chi connectivity index (χ4v) is 4.82. The number of nitrogens with zero attached hydrogens (tertiary/aromatic N) is 2. The Morgan fingerprint density at radius 2 is 2.20 bits per heavy atom. The Morgan fingerprint density at radius 1 is 1.45 bits per heavy atom. The van der Waals surface area contributed by atoms with Gasteiger partial charge >= 0.3 is 0 Å². The summed E-state index contributed by atoms with van der Waals surface area (Å²) in [5, 5.41) is 9.80. The molecule has 2 unspecified atom stereocenters. The lowest BCUT2D eigenvalue weighted by atomic mass is 10.1. The maximum Gasteiger partial charge on any atom is 0.270 e. The summed E-state index contributed by atoms with van der Waals surface area (Å²) in [5.41, 5.74) is 0. The molecule has 10 heteroatoms. The number of hydrogen-bond acceptors (Lipinski definition) is 6. The normalized spacial score (nSPS) is 22.9. The van der Waals surface area contributed by atoms with E-state index in [1.54, 1.807) is 0 Å². The number of amides is 1. The van der Waals surface area contributed by atoms with Crippen LogP contribution in [-0.2, 0) is 14.8 Å². The van der Waals surface area contributed by atoms with Crippen molar-refractivity contribution in [2.45, 2.75) is 36.6 Å². The van der Waals surface area contributed by atoms with Gasteiger partial charge in [-0.05, 0) is 18.8 Å². The predicted molar refractivity (Wildman–Crippen MR) is 76.4 cm³/mol. The summed E-state index contributed by atoms with van der Waals surface area (Å²) in [7, 11) is -3.72. The van der Waals surface area contributed by atoms with Crippen LogP contribution in [-0.4, -0.2) is 36.4 Å². The van der Waals surface area contributed by atoms with Gasteiger partial charge in [-0.1, -0.05) is 17.8 Å². The first-order chi connectivity index (χ1) is 9.42. The standard InChI is InChI=1S/C10H15ClN4O3S2/c1-6(16)12-9-13-14-10(19-9)20(17,18)15-8-4-2-3-7(8)5-11/h7-8,15H,2-5H2,1H3,(H,12,13,16). The van der Waals surface area contributed by atoms with E-state index in [0.717, 1.165) is 30.6 Å². The molecule has 1 saturated carbocycles. The Labute approximate surface area is 126 Å². The Morgan fingerprint density at radius 3 is 2.85 bits per heavy atom. The van der Waals surface area contributed by atoms with E-state index in [1.807, 2.05) is 0 Å². The van der Waals surface area contributed by atoms with E-state index in [0.29, 0.717) is 5.88 Å². The van der Waals surface area contributed by atoms with Crippen molar-refractivity contribution in [3.05, 3.63) is 0 Å². The van der Waals surface area contributed by atoms with Gasteiger partial charge in [0.15, 0.2) is 0 Å². The van der Waals surface area contributed by atoms with Gasteiger partial charge in [0.2, 0.25) is 15.4 Å². The number of nitrogens with one attached hydrogen (secondary N) is 2. The number of carbonyl (C=O) groups excluding carboxylic acids is 1. The molecule has 0 aliphatic heterocycles. The second-order valence-corrected chi connectivity index (χ2v) is 7.80. The predicted octanol–water partition coefficient (Wildman–Crippen LogP) is 1.18. The molecule has 7 nitrogen and oxygen atoms in total. The minimum atomic E-state index is -3.72. The second kappa shape index (κ2) is 6.33. The number of halogens is 1. The van der Waals surface area contributed by atoms with Crippen molar-refractivity contribution in [1.29, 1.82) is 0 Å². The molecule has 0 saturated heterocycles. The van der Waals surface area contributed by atoms with Crippen molar-refractivity contribution in [1.82, 2.24) is 14.9 Å². The Hall–Kier alpha value is -0.770. The highest BCUT2D eigenvalue weighted by atomic mass is 35.5. The zero-order valence-electron chi connectivity index (χ0n) is 10.8. The van der Waals surface area contributed by atoms with Gasteiger partial charge in [-0.3, -0.25) is 4.79 Å². The van der Waals surface area contributed by atoms with Gasteiger partial charge < -0.3 is 5.32 Å². The Kier molecular flexibility index (Phi) is 4.95. The lowest BCUT2D eigenvalue weighted by Gasteiger charge is -2.17. The van der Waals surface area contributed by atoms with Crippen LogP contribution in [0.4, 0.5) is 5.13 Å². The van der Waals surface area contributed by atoms with Crippen LogP contribution in [0.15, 0.2) is 4.34 Å². The molecule has 1 aromatic rings. The molecule has 0 spiro atoms. The molecule has 2 rings (SSSR count). The van der Waals surface area contributed by atoms with Crippen molar-refractivity contribution >= 4 is 44.0 Å². The second-order valence-electron chi connectivity index (χ2n) is 4.63. The van der Waals surface area contributed by atoms with Gasteiger partial charge in [-0.15, -0.1) is 21.8 Å². The molecule has 1 aliphatic carbocycles. The van der Waals surface area contributed by atoms with Crippen molar-refractivity contribution in [3.63, 3.8) is 0 Å². The zero-order chi connectivity index (χ0) is 14.8. The molecule has 2 N–H and O–H groups in total. The van der Waals surface area contributed by atoms with Crippen LogP contribution in [0.3, 0.4) is 0 Å². The van der Waals surface area contributed by atoms with Gasteiger partial charge in [0.25, 0.3) is 10.0 Å². The lowest BCUT2D eigenvalue weighted by Crippen LogP contribution is -2.37. The van der Waals surface area contributed by atoms with Crippen LogP contribution in [0.2, 0.25) is 0 Å². The third-order valence-corrected chi connectivity index (χ3v) is 6.18. The van der Waals surface area contributed by atoms with E-state index in [-0.39, 0.29) is 27.3 Å². The monoisotopic (exact) mass is 338 g/mol. The molecule has 0 radical (unpaired) electrons.